The number of hydrogen-bond acceptors (Lipinski definition) is 4. The van der Waals surface area contributed by atoms with Gasteiger partial charge in [-0.05, 0) is 25.0 Å². The van der Waals surface area contributed by atoms with Gasteiger partial charge in [0.1, 0.15) is 0 Å². The molecule has 0 spiro atoms. The lowest BCUT2D eigenvalue weighted by atomic mass is 9.99. The molecule has 0 bridgehead atoms. The maximum atomic E-state index is 5.53. The molecule has 0 aromatic rings. The lowest BCUT2D eigenvalue weighted by Crippen LogP contribution is -2.55. The molecule has 6 heteroatoms. The Balaban J connectivity index is 1.81. The quantitative estimate of drug-likeness (QED) is 0.609. The number of aliphatic imine (C=N–C) groups is 1. The van der Waals surface area contributed by atoms with Gasteiger partial charge in [0.05, 0.1) is 0 Å². The highest BCUT2D eigenvalue weighted by Crippen LogP contribution is 2.33. The largest absolute Gasteiger partial charge is 0.381 e. The van der Waals surface area contributed by atoms with Gasteiger partial charge in [0.15, 0.2) is 5.96 Å². The van der Waals surface area contributed by atoms with Gasteiger partial charge in [0, 0.05) is 64.3 Å². The second-order valence-electron chi connectivity index (χ2n) is 7.08. The first kappa shape index (κ1) is 18.9. The fraction of sp³-hybridized carbons (Fsp3) is 0.941. The van der Waals surface area contributed by atoms with Crippen molar-refractivity contribution in [3.63, 3.8) is 0 Å². The number of nitrogens with one attached hydrogen (secondary N) is 1. The highest BCUT2D eigenvalue weighted by molar-refractivity contribution is 8.00. The average molecular weight is 343 g/mol. The van der Waals surface area contributed by atoms with Crippen LogP contribution in [0.25, 0.3) is 0 Å². The monoisotopic (exact) mass is 342 g/mol. The molecule has 5 nitrogen and oxygen atoms in total. The van der Waals surface area contributed by atoms with E-state index >= 15 is 0 Å². The highest BCUT2D eigenvalue weighted by atomic mass is 32.2. The Morgan fingerprint density at radius 3 is 2.39 bits per heavy atom. The van der Waals surface area contributed by atoms with Gasteiger partial charge in [-0.1, -0.05) is 13.8 Å². The molecule has 2 heterocycles. The van der Waals surface area contributed by atoms with Gasteiger partial charge >= 0.3 is 0 Å². The molecule has 0 aromatic carbocycles. The van der Waals surface area contributed by atoms with Gasteiger partial charge in [0.2, 0.25) is 0 Å². The number of ether oxygens (including phenoxy) is 1. The van der Waals surface area contributed by atoms with Crippen molar-refractivity contribution in [2.45, 2.75) is 31.4 Å². The molecule has 134 valence electrons. The smallest absolute Gasteiger partial charge is 0.193 e. The average Bonchev–Trinajstić information content (AvgIpc) is 2.57. The van der Waals surface area contributed by atoms with Crippen LogP contribution < -0.4 is 5.32 Å². The summed E-state index contributed by atoms with van der Waals surface area (Å²) in [5.41, 5.74) is 0. The molecule has 0 atom stereocenters. The van der Waals surface area contributed by atoms with E-state index in [0.717, 1.165) is 70.7 Å². The summed E-state index contributed by atoms with van der Waals surface area (Å²) in [6.45, 7) is 13.0. The molecule has 1 N–H and O–H groups in total. The fourth-order valence-corrected chi connectivity index (χ4v) is 4.22. The Kier molecular flexibility index (Phi) is 7.50. The van der Waals surface area contributed by atoms with Crippen LogP contribution in [0.3, 0.4) is 0 Å². The van der Waals surface area contributed by atoms with Crippen LogP contribution in [0.5, 0.6) is 0 Å². The van der Waals surface area contributed by atoms with Crippen molar-refractivity contribution in [2.24, 2.45) is 10.9 Å². The van der Waals surface area contributed by atoms with Gasteiger partial charge in [0.25, 0.3) is 0 Å². The number of thioether (sulfide) groups is 1. The van der Waals surface area contributed by atoms with Gasteiger partial charge in [-0.2, -0.15) is 11.8 Å². The Bertz CT molecular complexity index is 375. The predicted octanol–water partition coefficient (Wildman–Crippen LogP) is 1.75. The SMILES string of the molecule is CN=C(NCC1(SC)CCOCC1)N1CCN(CC(C)C)CC1. The van der Waals surface area contributed by atoms with E-state index in [1.807, 2.05) is 18.8 Å². The first-order chi connectivity index (χ1) is 11.1. The molecule has 2 saturated heterocycles. The van der Waals surface area contributed by atoms with E-state index in [1.54, 1.807) is 0 Å². The fourth-order valence-electron chi connectivity index (χ4n) is 3.43. The van der Waals surface area contributed by atoms with Crippen LogP contribution in [0.1, 0.15) is 26.7 Å². The maximum Gasteiger partial charge on any atom is 0.193 e. The third kappa shape index (κ3) is 5.54. The number of piperazine rings is 1. The summed E-state index contributed by atoms with van der Waals surface area (Å²) in [4.78, 5) is 9.49. The summed E-state index contributed by atoms with van der Waals surface area (Å²) in [6, 6.07) is 0. The molecule has 23 heavy (non-hydrogen) atoms. The molecule has 0 saturated carbocycles. The van der Waals surface area contributed by atoms with Crippen LogP contribution in [0.4, 0.5) is 0 Å². The summed E-state index contributed by atoms with van der Waals surface area (Å²) in [5, 5.41) is 3.64. The molecule has 0 unspecified atom stereocenters. The van der Waals surface area contributed by atoms with Crippen LogP contribution in [0.15, 0.2) is 4.99 Å². The molecule has 2 rings (SSSR count). The Labute approximate surface area is 146 Å². The van der Waals surface area contributed by atoms with E-state index in [2.05, 4.69) is 40.2 Å². The van der Waals surface area contributed by atoms with Crippen molar-refractivity contribution in [1.82, 2.24) is 15.1 Å². The normalized spacial score (nSPS) is 23.3. The predicted molar refractivity (Wildman–Crippen MR) is 101 cm³/mol. The second kappa shape index (κ2) is 9.14. The summed E-state index contributed by atoms with van der Waals surface area (Å²) in [7, 11) is 1.90. The molecular formula is C17H34N4OS. The Hall–Kier alpha value is -0.460. The highest BCUT2D eigenvalue weighted by Gasteiger charge is 2.32. The summed E-state index contributed by atoms with van der Waals surface area (Å²) in [5.74, 6) is 1.81. The number of nitrogens with zero attached hydrogens (tertiary/aromatic N) is 3. The van der Waals surface area contributed by atoms with Crippen LogP contribution in [0.2, 0.25) is 0 Å². The van der Waals surface area contributed by atoms with Crippen molar-refractivity contribution in [3.8, 4) is 0 Å². The minimum absolute atomic E-state index is 0.299. The molecular weight excluding hydrogens is 308 g/mol. The molecule has 0 aliphatic carbocycles. The summed E-state index contributed by atoms with van der Waals surface area (Å²) < 4.78 is 5.83. The van der Waals surface area contributed by atoms with Crippen molar-refractivity contribution >= 4 is 17.7 Å². The lowest BCUT2D eigenvalue weighted by Gasteiger charge is -2.40. The molecule has 0 radical (unpaired) electrons. The van der Waals surface area contributed by atoms with Crippen LogP contribution in [0, 0.1) is 5.92 Å². The first-order valence-electron chi connectivity index (χ1n) is 8.89. The van der Waals surface area contributed by atoms with E-state index in [-0.39, 0.29) is 0 Å². The van der Waals surface area contributed by atoms with Crippen molar-refractivity contribution in [2.75, 3.05) is 65.8 Å². The summed E-state index contributed by atoms with van der Waals surface area (Å²) in [6.07, 6.45) is 4.47. The Morgan fingerprint density at radius 1 is 1.22 bits per heavy atom. The zero-order chi connectivity index (χ0) is 16.7. The van der Waals surface area contributed by atoms with Gasteiger partial charge in [-0.3, -0.25) is 9.89 Å². The van der Waals surface area contributed by atoms with E-state index in [9.17, 15) is 0 Å². The molecule has 0 amide bonds. The van der Waals surface area contributed by atoms with E-state index in [0.29, 0.717) is 4.75 Å². The number of rotatable bonds is 5. The minimum Gasteiger partial charge on any atom is -0.381 e. The van der Waals surface area contributed by atoms with E-state index in [4.69, 9.17) is 4.74 Å². The van der Waals surface area contributed by atoms with Gasteiger partial charge in [-0.15, -0.1) is 0 Å². The van der Waals surface area contributed by atoms with E-state index < -0.39 is 0 Å². The molecule has 2 aliphatic heterocycles. The number of hydrogen-bond donors (Lipinski definition) is 1. The molecule has 0 aromatic heterocycles. The van der Waals surface area contributed by atoms with Crippen molar-refractivity contribution in [1.29, 1.82) is 0 Å². The lowest BCUT2D eigenvalue weighted by molar-refractivity contribution is 0.0779. The zero-order valence-corrected chi connectivity index (χ0v) is 16.1. The third-order valence-corrected chi connectivity index (χ3v) is 6.33. The van der Waals surface area contributed by atoms with Gasteiger partial charge in [-0.25, -0.2) is 0 Å². The van der Waals surface area contributed by atoms with Crippen LogP contribution in [-0.4, -0.2) is 86.3 Å². The van der Waals surface area contributed by atoms with Crippen molar-refractivity contribution in [3.05, 3.63) is 0 Å². The standard InChI is InChI=1S/C17H34N4OS/c1-15(2)13-20-7-9-21(10-8-20)16(18-3)19-14-17(23-4)5-11-22-12-6-17/h15H,5-14H2,1-4H3,(H,18,19). The zero-order valence-electron chi connectivity index (χ0n) is 15.3. The number of guanidine groups is 1. The third-order valence-electron chi connectivity index (χ3n) is 4.91. The second-order valence-corrected chi connectivity index (χ2v) is 8.36. The van der Waals surface area contributed by atoms with Crippen LogP contribution >= 0.6 is 11.8 Å². The Morgan fingerprint density at radius 2 is 1.87 bits per heavy atom. The topological polar surface area (TPSA) is 40.1 Å². The van der Waals surface area contributed by atoms with Crippen molar-refractivity contribution < 1.29 is 4.74 Å². The molecule has 2 fully saturated rings. The minimum atomic E-state index is 0.299. The van der Waals surface area contributed by atoms with Gasteiger partial charge < -0.3 is 15.0 Å². The maximum absolute atomic E-state index is 5.53. The molecule has 2 aliphatic rings. The first-order valence-corrected chi connectivity index (χ1v) is 10.1. The van der Waals surface area contributed by atoms with Crippen LogP contribution in [-0.2, 0) is 4.74 Å². The van der Waals surface area contributed by atoms with E-state index in [1.165, 1.54) is 6.54 Å². The summed E-state index contributed by atoms with van der Waals surface area (Å²) >= 11 is 1.98.